The summed E-state index contributed by atoms with van der Waals surface area (Å²) >= 11 is 0. The maximum atomic E-state index is 12.1. The first-order chi connectivity index (χ1) is 13.7. The summed E-state index contributed by atoms with van der Waals surface area (Å²) in [4.78, 5) is 12.1. The third-order valence-electron chi connectivity index (χ3n) is 4.84. The average molecular weight is 407 g/mol. The average Bonchev–Trinajstić information content (AvgIpc) is 3.08. The molecule has 0 N–H and O–H groups in total. The number of benzene rings is 2. The van der Waals surface area contributed by atoms with Gasteiger partial charge in [0.1, 0.15) is 11.3 Å². The van der Waals surface area contributed by atoms with Gasteiger partial charge in [0.25, 0.3) is 5.56 Å². The molecular weight excluding hydrogens is 386 g/mol. The Hall–Kier alpha value is -3.12. The molecule has 0 atom stereocenters. The number of hydrogen-bond acceptors (Lipinski definition) is 4. The topological polar surface area (TPSA) is 69.3 Å². The van der Waals surface area contributed by atoms with Crippen molar-refractivity contribution in [2.75, 3.05) is 6.26 Å². The van der Waals surface area contributed by atoms with Gasteiger partial charge >= 0.3 is 0 Å². The molecule has 29 heavy (non-hydrogen) atoms. The van der Waals surface area contributed by atoms with Gasteiger partial charge in [0.2, 0.25) is 0 Å². The van der Waals surface area contributed by atoms with Crippen LogP contribution in [0.4, 0.5) is 0 Å². The van der Waals surface area contributed by atoms with Gasteiger partial charge in [-0.15, -0.1) is 0 Å². The van der Waals surface area contributed by atoms with Crippen molar-refractivity contribution < 1.29 is 12.8 Å². The van der Waals surface area contributed by atoms with E-state index < -0.39 is 9.84 Å². The van der Waals surface area contributed by atoms with Crippen LogP contribution in [0.5, 0.6) is 0 Å². The van der Waals surface area contributed by atoms with E-state index in [0.717, 1.165) is 22.1 Å². The van der Waals surface area contributed by atoms with Crippen molar-refractivity contribution >= 4 is 20.8 Å². The molecule has 0 radical (unpaired) electrons. The highest BCUT2D eigenvalue weighted by Crippen LogP contribution is 2.36. The zero-order valence-corrected chi connectivity index (χ0v) is 17.3. The fourth-order valence-corrected chi connectivity index (χ4v) is 4.36. The van der Waals surface area contributed by atoms with E-state index in [1.807, 2.05) is 54.6 Å². The number of furan rings is 1. The van der Waals surface area contributed by atoms with Gasteiger partial charge in [-0.2, -0.15) is 0 Å². The molecule has 2 heterocycles. The Labute approximate surface area is 169 Å². The van der Waals surface area contributed by atoms with Crippen LogP contribution in [0, 0.1) is 6.92 Å². The van der Waals surface area contributed by atoms with Crippen LogP contribution in [0.2, 0.25) is 0 Å². The number of hydrogen-bond donors (Lipinski definition) is 0. The number of aromatic nitrogens is 1. The summed E-state index contributed by atoms with van der Waals surface area (Å²) < 4.78 is 31.5. The van der Waals surface area contributed by atoms with E-state index in [2.05, 4.69) is 0 Å². The molecule has 148 valence electrons. The van der Waals surface area contributed by atoms with E-state index in [-0.39, 0.29) is 11.3 Å². The molecule has 2 aromatic carbocycles. The fourth-order valence-electron chi connectivity index (χ4n) is 3.59. The lowest BCUT2D eigenvalue weighted by Gasteiger charge is -2.09. The van der Waals surface area contributed by atoms with Crippen LogP contribution in [0.15, 0.2) is 70.0 Å². The van der Waals surface area contributed by atoms with Gasteiger partial charge in [0.15, 0.2) is 9.84 Å². The van der Waals surface area contributed by atoms with Crippen LogP contribution < -0.4 is 5.56 Å². The largest absolute Gasteiger partial charge is 0.455 e. The van der Waals surface area contributed by atoms with Crippen LogP contribution >= 0.6 is 0 Å². The van der Waals surface area contributed by atoms with Gasteiger partial charge in [0, 0.05) is 47.1 Å². The second kappa shape index (κ2) is 7.04. The summed E-state index contributed by atoms with van der Waals surface area (Å²) in [6.07, 6.45) is 2.97. The van der Waals surface area contributed by atoms with E-state index in [9.17, 15) is 13.2 Å². The zero-order chi connectivity index (χ0) is 20.8. The zero-order valence-electron chi connectivity index (χ0n) is 16.5. The lowest BCUT2D eigenvalue weighted by molar-refractivity contribution is 0.601. The molecule has 0 fully saturated rings. The van der Waals surface area contributed by atoms with Crippen molar-refractivity contribution in [3.63, 3.8) is 0 Å². The van der Waals surface area contributed by atoms with Crippen molar-refractivity contribution in [2.24, 2.45) is 7.05 Å². The van der Waals surface area contributed by atoms with Crippen LogP contribution in [-0.4, -0.2) is 19.2 Å². The molecule has 0 aliphatic carbocycles. The molecule has 4 aromatic rings. The maximum absolute atomic E-state index is 12.1. The molecule has 5 nitrogen and oxygen atoms in total. The monoisotopic (exact) mass is 407 g/mol. The van der Waals surface area contributed by atoms with Gasteiger partial charge in [-0.25, -0.2) is 8.42 Å². The summed E-state index contributed by atoms with van der Waals surface area (Å²) in [7, 11) is -1.50. The molecule has 0 aliphatic heterocycles. The molecule has 0 bridgehead atoms. The van der Waals surface area contributed by atoms with Crippen molar-refractivity contribution in [1.29, 1.82) is 0 Å². The molecule has 0 amide bonds. The first-order valence-electron chi connectivity index (χ1n) is 9.18. The van der Waals surface area contributed by atoms with E-state index in [1.54, 1.807) is 20.2 Å². The maximum Gasteiger partial charge on any atom is 0.253 e. The second-order valence-electron chi connectivity index (χ2n) is 7.44. The Morgan fingerprint density at radius 3 is 2.38 bits per heavy atom. The molecule has 0 unspecified atom stereocenters. The highest BCUT2D eigenvalue weighted by Gasteiger charge is 2.16. The minimum Gasteiger partial charge on any atom is -0.455 e. The quantitative estimate of drug-likeness (QED) is 0.505. The summed E-state index contributed by atoms with van der Waals surface area (Å²) in [6, 6.07) is 17.2. The molecule has 2 aromatic heterocycles. The predicted molar refractivity (Wildman–Crippen MR) is 116 cm³/mol. The lowest BCUT2D eigenvalue weighted by Crippen LogP contribution is -2.18. The Morgan fingerprint density at radius 1 is 1.00 bits per heavy atom. The van der Waals surface area contributed by atoms with Gasteiger partial charge in [0.05, 0.1) is 5.75 Å². The van der Waals surface area contributed by atoms with Gasteiger partial charge in [-0.3, -0.25) is 4.79 Å². The second-order valence-corrected chi connectivity index (χ2v) is 9.58. The van der Waals surface area contributed by atoms with E-state index in [0.29, 0.717) is 22.5 Å². The molecule has 0 saturated heterocycles. The third kappa shape index (κ3) is 3.89. The Kier molecular flexibility index (Phi) is 4.67. The van der Waals surface area contributed by atoms with E-state index in [1.165, 1.54) is 10.8 Å². The SMILES string of the molecule is Cc1cc(-c2cc(CS(C)(=O)=O)cc3cc(-c4ccccc4)oc23)cn(C)c1=O. The Morgan fingerprint density at radius 2 is 1.72 bits per heavy atom. The molecule has 0 aliphatic rings. The molecular formula is C23H21NO4S. The highest BCUT2D eigenvalue weighted by atomic mass is 32.2. The number of nitrogens with zero attached hydrogens (tertiary/aromatic N) is 1. The lowest BCUT2D eigenvalue weighted by atomic mass is 10.0. The fraction of sp³-hybridized carbons (Fsp3) is 0.174. The van der Waals surface area contributed by atoms with Gasteiger partial charge in [-0.05, 0) is 36.8 Å². The molecule has 6 heteroatoms. The minimum absolute atomic E-state index is 0.0630. The summed E-state index contributed by atoms with van der Waals surface area (Å²) in [5.41, 5.74) is 4.40. The predicted octanol–water partition coefficient (Wildman–Crippen LogP) is 4.32. The number of fused-ring (bicyclic) bond motifs is 1. The van der Waals surface area contributed by atoms with Crippen molar-refractivity contribution in [1.82, 2.24) is 4.57 Å². The number of aryl methyl sites for hydroxylation is 2. The highest BCUT2D eigenvalue weighted by molar-refractivity contribution is 7.89. The molecule has 0 spiro atoms. The molecule has 4 rings (SSSR count). The minimum atomic E-state index is -3.20. The number of sulfone groups is 1. The van der Waals surface area contributed by atoms with Crippen LogP contribution in [0.1, 0.15) is 11.1 Å². The van der Waals surface area contributed by atoms with Crippen LogP contribution in [0.25, 0.3) is 33.4 Å². The molecule has 0 saturated carbocycles. The smallest absolute Gasteiger partial charge is 0.253 e. The van der Waals surface area contributed by atoms with Crippen LogP contribution in [0.3, 0.4) is 0 Å². The van der Waals surface area contributed by atoms with Crippen LogP contribution in [-0.2, 0) is 22.6 Å². The van der Waals surface area contributed by atoms with Crippen molar-refractivity contribution in [3.8, 4) is 22.5 Å². The Bertz CT molecular complexity index is 1350. The number of rotatable bonds is 4. The van der Waals surface area contributed by atoms with E-state index in [4.69, 9.17) is 4.42 Å². The first-order valence-corrected chi connectivity index (χ1v) is 11.2. The van der Waals surface area contributed by atoms with Gasteiger partial charge < -0.3 is 8.98 Å². The van der Waals surface area contributed by atoms with Crippen molar-refractivity contribution in [3.05, 3.63) is 82.3 Å². The van der Waals surface area contributed by atoms with Gasteiger partial charge in [-0.1, -0.05) is 30.3 Å². The number of pyridine rings is 1. The standard InChI is InChI=1S/C23H21NO4S/c1-15-9-19(13-24(2)23(15)25)20-11-16(14-29(3,26)27)10-18-12-21(28-22(18)20)17-7-5-4-6-8-17/h4-13H,14H2,1-3H3. The first kappa shape index (κ1) is 19.2. The summed E-state index contributed by atoms with van der Waals surface area (Å²) in [6.45, 7) is 1.76. The summed E-state index contributed by atoms with van der Waals surface area (Å²) in [5.74, 6) is 0.645. The Balaban J connectivity index is 2.00. The van der Waals surface area contributed by atoms with Crippen molar-refractivity contribution in [2.45, 2.75) is 12.7 Å². The third-order valence-corrected chi connectivity index (χ3v) is 5.69. The van der Waals surface area contributed by atoms with E-state index >= 15 is 0 Å². The summed E-state index contributed by atoms with van der Waals surface area (Å²) in [5, 5.41) is 0.825. The normalized spacial score (nSPS) is 11.8.